The van der Waals surface area contributed by atoms with E-state index in [1.54, 1.807) is 60.5 Å². The van der Waals surface area contributed by atoms with Crippen molar-refractivity contribution >= 4 is 23.7 Å². The van der Waals surface area contributed by atoms with Gasteiger partial charge in [-0.1, -0.05) is 12.1 Å². The zero-order valence-corrected chi connectivity index (χ0v) is 27.3. The van der Waals surface area contributed by atoms with E-state index in [2.05, 4.69) is 10.5 Å². The minimum atomic E-state index is -0.465. The molecule has 0 aliphatic carbocycles. The molecule has 0 heterocycles. The first kappa shape index (κ1) is 34.0. The van der Waals surface area contributed by atoms with Gasteiger partial charge in [-0.2, -0.15) is 5.10 Å². The molecule has 0 bridgehead atoms. The molecule has 0 fully saturated rings. The summed E-state index contributed by atoms with van der Waals surface area (Å²) in [7, 11) is 10.7. The summed E-state index contributed by atoms with van der Waals surface area (Å²) in [6.07, 6.45) is 1.45. The number of amides is 2. The molecule has 0 aliphatic rings. The minimum absolute atomic E-state index is 0.222. The van der Waals surface area contributed by atoms with Gasteiger partial charge in [0, 0.05) is 28.8 Å². The largest absolute Gasteiger partial charge is 0.497 e. The van der Waals surface area contributed by atoms with E-state index in [1.165, 1.54) is 48.9 Å². The number of anilines is 1. The second-order valence-electron chi connectivity index (χ2n) is 9.86. The van der Waals surface area contributed by atoms with E-state index in [0.717, 1.165) is 5.56 Å². The Morgan fingerprint density at radius 1 is 0.638 bits per heavy atom. The van der Waals surface area contributed by atoms with Crippen LogP contribution in [0.2, 0.25) is 0 Å². The molecule has 12 nitrogen and oxygen atoms in total. The number of ether oxygens (including phenoxy) is 7. The summed E-state index contributed by atoms with van der Waals surface area (Å²) in [4.78, 5) is 28.5. The van der Waals surface area contributed by atoms with E-state index in [-0.39, 0.29) is 12.5 Å². The molecular weight excluding hydrogens is 606 g/mol. The van der Waals surface area contributed by atoms with Gasteiger partial charge in [0.25, 0.3) is 11.8 Å². The van der Waals surface area contributed by atoms with Crippen molar-refractivity contribution < 1.29 is 42.7 Å². The summed E-state index contributed by atoms with van der Waals surface area (Å²) < 4.78 is 37.9. The maximum absolute atomic E-state index is 14.0. The molecular formula is C35H37N3O9. The van der Waals surface area contributed by atoms with Crippen LogP contribution in [0.1, 0.15) is 31.8 Å². The van der Waals surface area contributed by atoms with Gasteiger partial charge in [-0.15, -0.1) is 0 Å². The molecule has 4 aromatic carbocycles. The Kier molecular flexibility index (Phi) is 11.5. The summed E-state index contributed by atoms with van der Waals surface area (Å²) in [5.74, 6) is 2.45. The number of benzene rings is 4. The molecule has 0 saturated heterocycles. The zero-order valence-electron chi connectivity index (χ0n) is 27.3. The average molecular weight is 644 g/mol. The van der Waals surface area contributed by atoms with Crippen molar-refractivity contribution in [2.24, 2.45) is 5.10 Å². The van der Waals surface area contributed by atoms with Crippen LogP contribution in [0, 0.1) is 0 Å². The number of rotatable bonds is 14. The van der Waals surface area contributed by atoms with Crippen molar-refractivity contribution in [3.63, 3.8) is 0 Å². The molecule has 1 N–H and O–H groups in total. The number of hydrogen-bond acceptors (Lipinski definition) is 10. The third-order valence-corrected chi connectivity index (χ3v) is 7.17. The summed E-state index contributed by atoms with van der Waals surface area (Å²) in [6.45, 7) is 0.222. The molecule has 0 spiro atoms. The lowest BCUT2D eigenvalue weighted by atomic mass is 10.1. The van der Waals surface area contributed by atoms with E-state index >= 15 is 0 Å². The fourth-order valence-electron chi connectivity index (χ4n) is 4.74. The zero-order chi connectivity index (χ0) is 33.9. The standard InChI is InChI=1S/C35H37N3O9/c1-41-27-14-8-22(9-15-27)21-38(26-18-30(44-4)33(47-7)31(19-26)45-5)35(40)25-12-10-24(11-13-25)34(39)37-36-20-23-16-28(42-2)32(46-6)29(17-23)43-3/h8-20H,21H2,1-7H3,(H,37,39)/b36-20+. The Hall–Kier alpha value is -5.91. The monoisotopic (exact) mass is 643 g/mol. The summed E-state index contributed by atoms with van der Waals surface area (Å²) >= 11 is 0. The van der Waals surface area contributed by atoms with Crippen molar-refractivity contribution in [3.05, 3.63) is 95.1 Å². The SMILES string of the molecule is COc1ccc(CN(C(=O)c2ccc(C(=O)N/N=C/c3cc(OC)c(OC)c(OC)c3)cc2)c2cc(OC)c(OC)c(OC)c2)cc1. The van der Waals surface area contributed by atoms with Crippen molar-refractivity contribution in [3.8, 4) is 40.2 Å². The van der Waals surface area contributed by atoms with Gasteiger partial charge in [0.1, 0.15) is 5.75 Å². The highest BCUT2D eigenvalue weighted by Crippen LogP contribution is 2.42. The predicted octanol–water partition coefficient (Wildman–Crippen LogP) is 5.36. The van der Waals surface area contributed by atoms with Crippen molar-refractivity contribution in [2.75, 3.05) is 54.7 Å². The maximum Gasteiger partial charge on any atom is 0.271 e. The van der Waals surface area contributed by atoms with Crippen LogP contribution in [0.5, 0.6) is 40.2 Å². The first-order chi connectivity index (χ1) is 22.8. The molecule has 47 heavy (non-hydrogen) atoms. The van der Waals surface area contributed by atoms with E-state index in [1.807, 2.05) is 24.3 Å². The lowest BCUT2D eigenvalue weighted by Crippen LogP contribution is -2.30. The molecule has 12 heteroatoms. The van der Waals surface area contributed by atoms with Crippen LogP contribution in [-0.2, 0) is 6.54 Å². The number of carbonyl (C=O) groups excluding carboxylic acids is 2. The number of nitrogens with one attached hydrogen (secondary N) is 1. The summed E-state index contributed by atoms with van der Waals surface area (Å²) in [6, 6.07) is 20.5. The second-order valence-corrected chi connectivity index (χ2v) is 9.86. The van der Waals surface area contributed by atoms with Crippen molar-refractivity contribution in [1.29, 1.82) is 0 Å². The van der Waals surface area contributed by atoms with E-state index in [0.29, 0.717) is 62.6 Å². The lowest BCUT2D eigenvalue weighted by Gasteiger charge is -2.25. The molecule has 0 aromatic heterocycles. The number of carbonyl (C=O) groups is 2. The van der Waals surface area contributed by atoms with E-state index in [4.69, 9.17) is 33.2 Å². The molecule has 4 aromatic rings. The average Bonchev–Trinajstić information content (AvgIpc) is 3.12. The quantitative estimate of drug-likeness (QED) is 0.143. The van der Waals surface area contributed by atoms with Crippen LogP contribution in [0.25, 0.3) is 0 Å². The first-order valence-electron chi connectivity index (χ1n) is 14.3. The van der Waals surface area contributed by atoms with Crippen LogP contribution in [0.4, 0.5) is 5.69 Å². The highest BCUT2D eigenvalue weighted by atomic mass is 16.5. The smallest absolute Gasteiger partial charge is 0.271 e. The predicted molar refractivity (Wildman–Crippen MR) is 177 cm³/mol. The third-order valence-electron chi connectivity index (χ3n) is 7.17. The van der Waals surface area contributed by atoms with Crippen LogP contribution >= 0.6 is 0 Å². The van der Waals surface area contributed by atoms with Crippen LogP contribution in [0.3, 0.4) is 0 Å². The van der Waals surface area contributed by atoms with E-state index < -0.39 is 5.91 Å². The Labute approximate surface area is 273 Å². The van der Waals surface area contributed by atoms with Gasteiger partial charge in [-0.25, -0.2) is 5.43 Å². The van der Waals surface area contributed by atoms with Crippen LogP contribution in [-0.4, -0.2) is 67.8 Å². The number of hydrazone groups is 1. The molecule has 0 aliphatic heterocycles. The molecule has 4 rings (SSSR count). The molecule has 246 valence electrons. The van der Waals surface area contributed by atoms with Gasteiger partial charge in [0.2, 0.25) is 11.5 Å². The fourth-order valence-corrected chi connectivity index (χ4v) is 4.74. The highest BCUT2D eigenvalue weighted by Gasteiger charge is 2.23. The van der Waals surface area contributed by atoms with Crippen molar-refractivity contribution in [1.82, 2.24) is 5.43 Å². The Morgan fingerprint density at radius 3 is 1.60 bits per heavy atom. The second kappa shape index (κ2) is 15.9. The summed E-state index contributed by atoms with van der Waals surface area (Å²) in [5.41, 5.74) is 5.14. The van der Waals surface area contributed by atoms with E-state index in [9.17, 15) is 9.59 Å². The topological polar surface area (TPSA) is 126 Å². The van der Waals surface area contributed by atoms with Crippen molar-refractivity contribution in [2.45, 2.75) is 6.54 Å². The normalized spacial score (nSPS) is 10.6. The van der Waals surface area contributed by atoms with Gasteiger partial charge in [-0.3, -0.25) is 9.59 Å². The van der Waals surface area contributed by atoms with Crippen LogP contribution in [0.15, 0.2) is 77.9 Å². The maximum atomic E-state index is 14.0. The number of hydrogen-bond donors (Lipinski definition) is 1. The Morgan fingerprint density at radius 2 is 1.13 bits per heavy atom. The fraction of sp³-hybridized carbons (Fsp3) is 0.229. The van der Waals surface area contributed by atoms with Gasteiger partial charge in [-0.05, 0) is 54.1 Å². The molecule has 0 unspecified atom stereocenters. The molecule has 2 amide bonds. The minimum Gasteiger partial charge on any atom is -0.497 e. The summed E-state index contributed by atoms with van der Waals surface area (Å²) in [5, 5.41) is 4.06. The highest BCUT2D eigenvalue weighted by molar-refractivity contribution is 6.07. The van der Waals surface area contributed by atoms with Crippen LogP contribution < -0.4 is 43.5 Å². The molecule has 0 radical (unpaired) electrons. The molecule has 0 atom stereocenters. The lowest BCUT2D eigenvalue weighted by molar-refractivity contribution is 0.0951. The number of methoxy groups -OCH3 is 7. The number of nitrogens with zero attached hydrogens (tertiary/aromatic N) is 2. The van der Waals surface area contributed by atoms with Gasteiger partial charge >= 0.3 is 0 Å². The Bertz CT molecular complexity index is 1670. The molecule has 0 saturated carbocycles. The van der Waals surface area contributed by atoms with Gasteiger partial charge in [0.15, 0.2) is 23.0 Å². The first-order valence-corrected chi connectivity index (χ1v) is 14.3. The third kappa shape index (κ3) is 7.85. The Balaban J connectivity index is 1.58. The van der Waals surface area contributed by atoms with Gasteiger partial charge < -0.3 is 38.1 Å². The van der Waals surface area contributed by atoms with Gasteiger partial charge in [0.05, 0.1) is 68.2 Å².